The van der Waals surface area contributed by atoms with E-state index in [4.69, 9.17) is 14.2 Å². The highest BCUT2D eigenvalue weighted by molar-refractivity contribution is 8.76. The first-order valence-corrected chi connectivity index (χ1v) is 26.2. The van der Waals surface area contributed by atoms with Crippen LogP contribution < -0.4 is 29.3 Å². The summed E-state index contributed by atoms with van der Waals surface area (Å²) in [5, 5.41) is 14.9. The Kier molecular flexibility index (Phi) is 14.5. The van der Waals surface area contributed by atoms with Gasteiger partial charge in [-0.25, -0.2) is 0 Å². The largest absolute Gasteiger partial charge is 0.493 e. The maximum atomic E-state index is 14.1. The van der Waals surface area contributed by atoms with Crippen LogP contribution in [0, 0.1) is 6.92 Å². The standard InChI is InChI=1S/C55H59N3O8S2/c1-5-43(59)19-16-34(3)68-67-20-10-15-53(61)56-41-23-35(31-65-50-29-40-27-49(60)48-26-39-12-7-9-14-47(39)58(48)55(63)44(40)21-33(50)2)22-36(24-41)32-66-52-28-37-17-18-42-25-38-11-6-8-13-46(38)57(42)54(62)45(37)30-51(52)64-4/h6-9,11-14,21-24,28-30,34,42,48-49,60H,5,10,15-20,25-27,31-32H2,1-4H3,(H,56,61)/t34?,42-,48+,49?/m1/s1. The number of aliphatic hydroxyl groups excluding tert-OH is 1. The zero-order chi connectivity index (χ0) is 47.5. The van der Waals surface area contributed by atoms with Crippen LogP contribution in [0.4, 0.5) is 17.1 Å². The Morgan fingerprint density at radius 3 is 2.18 bits per heavy atom. The fourth-order valence-corrected chi connectivity index (χ4v) is 12.5. The Bertz CT molecular complexity index is 2740. The molecule has 13 heteroatoms. The van der Waals surface area contributed by atoms with Crippen molar-refractivity contribution in [2.75, 3.05) is 28.0 Å². The lowest BCUT2D eigenvalue weighted by Crippen LogP contribution is -2.43. The number of hydrogen-bond donors (Lipinski definition) is 2. The molecule has 0 saturated carbocycles. The van der Waals surface area contributed by atoms with Crippen molar-refractivity contribution < 1.29 is 38.5 Å². The second kappa shape index (κ2) is 20.9. The summed E-state index contributed by atoms with van der Waals surface area (Å²) >= 11 is 0. The van der Waals surface area contributed by atoms with Crippen molar-refractivity contribution >= 4 is 62.2 Å². The molecule has 0 saturated heterocycles. The van der Waals surface area contributed by atoms with Crippen molar-refractivity contribution in [3.63, 3.8) is 0 Å². The van der Waals surface area contributed by atoms with Gasteiger partial charge in [-0.15, -0.1) is 0 Å². The van der Waals surface area contributed by atoms with Crippen LogP contribution in [-0.2, 0) is 48.5 Å². The fourth-order valence-electron chi connectivity index (χ4n) is 10.0. The number of nitrogens with zero attached hydrogens (tertiary/aromatic N) is 2. The Labute approximate surface area is 406 Å². The molecule has 68 heavy (non-hydrogen) atoms. The number of anilines is 3. The molecule has 4 aliphatic heterocycles. The molecule has 4 aliphatic rings. The van der Waals surface area contributed by atoms with Gasteiger partial charge in [-0.05, 0) is 139 Å². The van der Waals surface area contributed by atoms with E-state index < -0.39 is 6.10 Å². The molecule has 0 spiro atoms. The van der Waals surface area contributed by atoms with Crippen LogP contribution in [0.25, 0.3) is 0 Å². The summed E-state index contributed by atoms with van der Waals surface area (Å²) in [5.74, 6) is 2.44. The molecule has 2 N–H and O–H groups in total. The van der Waals surface area contributed by atoms with Gasteiger partial charge >= 0.3 is 0 Å². The molecule has 4 atom stereocenters. The molecule has 0 aromatic heterocycles. The van der Waals surface area contributed by atoms with Crippen molar-refractivity contribution in [1.29, 1.82) is 0 Å². The summed E-state index contributed by atoms with van der Waals surface area (Å²) in [6, 6.07) is 29.0. The lowest BCUT2D eigenvalue weighted by molar-refractivity contribution is -0.119. The highest BCUT2D eigenvalue weighted by Gasteiger charge is 2.42. The van der Waals surface area contributed by atoms with Crippen molar-refractivity contribution in [3.8, 4) is 17.2 Å². The molecular formula is C55H59N3O8S2. The summed E-state index contributed by atoms with van der Waals surface area (Å²) < 4.78 is 18.9. The number of benzene rings is 5. The number of aryl methyl sites for hydroxylation is 2. The molecule has 5 aromatic rings. The van der Waals surface area contributed by atoms with Crippen LogP contribution in [0.3, 0.4) is 0 Å². The van der Waals surface area contributed by atoms with Crippen LogP contribution >= 0.6 is 21.6 Å². The number of rotatable bonds is 18. The molecule has 3 amide bonds. The highest BCUT2D eigenvalue weighted by Crippen LogP contribution is 2.42. The van der Waals surface area contributed by atoms with Crippen molar-refractivity contribution in [2.45, 2.75) is 122 Å². The topological polar surface area (TPSA) is 135 Å². The van der Waals surface area contributed by atoms with E-state index >= 15 is 0 Å². The number of fused-ring (bicyclic) bond motifs is 8. The van der Waals surface area contributed by atoms with Gasteiger partial charge in [-0.1, -0.05) is 71.8 Å². The maximum Gasteiger partial charge on any atom is 0.258 e. The smallest absolute Gasteiger partial charge is 0.258 e. The fraction of sp³-hybridized carbons (Fsp3) is 0.382. The molecule has 4 heterocycles. The SMILES string of the molecule is CCC(=O)CCC(C)SSCCCC(=O)Nc1cc(COc2cc3c(cc2C)C(=O)N2c4ccccc4C[C@H]2C(O)C3)cc(COc2cc3c(cc2OC)C(=O)N2c4ccccc4C[C@H]2CC3)c1. The summed E-state index contributed by atoms with van der Waals surface area (Å²) in [6.07, 6.45) is 5.64. The van der Waals surface area contributed by atoms with E-state index in [1.165, 1.54) is 5.56 Å². The van der Waals surface area contributed by atoms with Crippen LogP contribution in [0.1, 0.15) is 112 Å². The van der Waals surface area contributed by atoms with Gasteiger partial charge in [0.05, 0.1) is 19.3 Å². The molecule has 354 valence electrons. The van der Waals surface area contributed by atoms with Crippen LogP contribution in [0.5, 0.6) is 17.2 Å². The summed E-state index contributed by atoms with van der Waals surface area (Å²) in [6.45, 7) is 6.27. The second-order valence-corrected chi connectivity index (χ2v) is 21.3. The van der Waals surface area contributed by atoms with E-state index in [2.05, 4.69) is 18.3 Å². The Balaban J connectivity index is 0.916. The second-order valence-electron chi connectivity index (χ2n) is 18.4. The number of aliphatic hydroxyl groups is 1. The molecule has 5 aromatic carbocycles. The normalized spacial score (nSPS) is 18.3. The molecule has 0 fully saturated rings. The minimum atomic E-state index is -0.747. The van der Waals surface area contributed by atoms with Crippen LogP contribution in [0.2, 0.25) is 0 Å². The van der Waals surface area contributed by atoms with Gasteiger partial charge in [0.15, 0.2) is 11.5 Å². The number of para-hydroxylation sites is 2. The van der Waals surface area contributed by atoms with E-state index in [-0.39, 0.29) is 48.8 Å². The van der Waals surface area contributed by atoms with Crippen molar-refractivity contribution in [1.82, 2.24) is 0 Å². The van der Waals surface area contributed by atoms with E-state index in [0.717, 1.165) is 76.2 Å². The summed E-state index contributed by atoms with van der Waals surface area (Å²) in [7, 11) is 5.08. The first-order chi connectivity index (χ1) is 33.0. The van der Waals surface area contributed by atoms with Gasteiger partial charge in [0.25, 0.3) is 11.8 Å². The maximum absolute atomic E-state index is 14.1. The average Bonchev–Trinajstić information content (AvgIpc) is 3.86. The molecule has 0 bridgehead atoms. The number of ketones is 1. The Morgan fingerprint density at radius 1 is 0.779 bits per heavy atom. The number of ether oxygens (including phenoxy) is 3. The molecule has 0 radical (unpaired) electrons. The number of hydrogen-bond acceptors (Lipinski definition) is 10. The van der Waals surface area contributed by atoms with Crippen molar-refractivity contribution in [3.05, 3.63) is 141 Å². The number of carbonyl (C=O) groups excluding carboxylic acids is 4. The number of Topliss-reactive ketones (excluding diaryl/α,β-unsaturated/α-hetero) is 1. The number of amides is 3. The lowest BCUT2D eigenvalue weighted by atomic mass is 9.96. The lowest BCUT2D eigenvalue weighted by Gasteiger charge is -2.26. The predicted molar refractivity (Wildman–Crippen MR) is 271 cm³/mol. The summed E-state index contributed by atoms with van der Waals surface area (Å²) in [4.78, 5) is 57.0. The summed E-state index contributed by atoms with van der Waals surface area (Å²) in [5.41, 5.74) is 9.91. The van der Waals surface area contributed by atoms with Gasteiger partial charge in [-0.2, -0.15) is 0 Å². The molecular weight excluding hydrogens is 895 g/mol. The van der Waals surface area contributed by atoms with E-state index in [0.29, 0.717) is 77.8 Å². The Hall–Kier alpha value is -5.76. The van der Waals surface area contributed by atoms with E-state index in [1.54, 1.807) is 39.7 Å². The number of carbonyl (C=O) groups is 4. The highest BCUT2D eigenvalue weighted by atomic mass is 33.1. The van der Waals surface area contributed by atoms with Crippen LogP contribution in [-0.4, -0.2) is 64.9 Å². The third kappa shape index (κ3) is 10.2. The van der Waals surface area contributed by atoms with Crippen molar-refractivity contribution in [2.24, 2.45) is 0 Å². The van der Waals surface area contributed by atoms with Crippen LogP contribution in [0.15, 0.2) is 91.0 Å². The van der Waals surface area contributed by atoms with E-state index in [9.17, 15) is 24.3 Å². The molecule has 0 aliphatic carbocycles. The monoisotopic (exact) mass is 953 g/mol. The first kappa shape index (κ1) is 47.3. The third-order valence-electron chi connectivity index (χ3n) is 13.6. The average molecular weight is 954 g/mol. The van der Waals surface area contributed by atoms with Gasteiger partial charge in [0, 0.05) is 70.9 Å². The zero-order valence-corrected chi connectivity index (χ0v) is 40.8. The molecule has 9 rings (SSSR count). The molecule has 11 nitrogen and oxygen atoms in total. The van der Waals surface area contributed by atoms with Gasteiger partial charge in [-0.3, -0.25) is 19.2 Å². The van der Waals surface area contributed by atoms with Gasteiger partial charge in [0.2, 0.25) is 5.91 Å². The quantitative estimate of drug-likeness (QED) is 0.0646. The van der Waals surface area contributed by atoms with Gasteiger partial charge in [0.1, 0.15) is 24.7 Å². The number of methoxy groups -OCH3 is 1. The number of nitrogens with one attached hydrogen (secondary N) is 1. The molecule has 2 unspecified atom stereocenters. The minimum Gasteiger partial charge on any atom is -0.493 e. The van der Waals surface area contributed by atoms with Gasteiger partial charge < -0.3 is 34.4 Å². The third-order valence-corrected chi connectivity index (χ3v) is 16.7. The predicted octanol–water partition coefficient (Wildman–Crippen LogP) is 10.4. The Morgan fingerprint density at radius 2 is 1.44 bits per heavy atom. The first-order valence-electron chi connectivity index (χ1n) is 23.8. The minimum absolute atomic E-state index is 0.0315. The van der Waals surface area contributed by atoms with E-state index in [1.807, 2.05) is 97.6 Å². The zero-order valence-electron chi connectivity index (χ0n) is 39.2.